The third-order valence-corrected chi connectivity index (χ3v) is 3.28. The van der Waals surface area contributed by atoms with Crippen molar-refractivity contribution in [2.45, 2.75) is 45.5 Å². The molecule has 1 unspecified atom stereocenters. The number of alkyl halides is 3. The van der Waals surface area contributed by atoms with Gasteiger partial charge < -0.3 is 9.64 Å². The summed E-state index contributed by atoms with van der Waals surface area (Å²) in [5, 5.41) is 8.87. The standard InChI is InChI=1S/C16H18ClF3N2O2/c1-10(14(23)24-15(2,3)4)22(9-16(18,19)20)12-6-5-11(8-21)13(17)7-12/h5-7,10H,9H2,1-4H3. The number of hydrogen-bond acceptors (Lipinski definition) is 4. The summed E-state index contributed by atoms with van der Waals surface area (Å²) in [7, 11) is 0. The van der Waals surface area contributed by atoms with Crippen LogP contribution in [0, 0.1) is 11.3 Å². The molecule has 1 aromatic rings. The highest BCUT2D eigenvalue weighted by molar-refractivity contribution is 6.32. The van der Waals surface area contributed by atoms with Crippen molar-refractivity contribution in [1.29, 1.82) is 5.26 Å². The van der Waals surface area contributed by atoms with Crippen molar-refractivity contribution in [3.05, 3.63) is 28.8 Å². The molecule has 24 heavy (non-hydrogen) atoms. The van der Waals surface area contributed by atoms with Gasteiger partial charge in [-0.1, -0.05) is 11.6 Å². The Morgan fingerprint density at radius 3 is 2.38 bits per heavy atom. The van der Waals surface area contributed by atoms with Crippen LogP contribution in [0.25, 0.3) is 0 Å². The Morgan fingerprint density at radius 1 is 1.38 bits per heavy atom. The number of hydrogen-bond donors (Lipinski definition) is 0. The summed E-state index contributed by atoms with van der Waals surface area (Å²) in [4.78, 5) is 13.0. The zero-order valence-electron chi connectivity index (χ0n) is 13.7. The van der Waals surface area contributed by atoms with Gasteiger partial charge >= 0.3 is 12.1 Å². The monoisotopic (exact) mass is 362 g/mol. The van der Waals surface area contributed by atoms with E-state index in [2.05, 4.69) is 0 Å². The van der Waals surface area contributed by atoms with Gasteiger partial charge in [-0.3, -0.25) is 0 Å². The molecule has 0 saturated heterocycles. The molecule has 0 bridgehead atoms. The molecule has 1 aromatic carbocycles. The largest absolute Gasteiger partial charge is 0.458 e. The van der Waals surface area contributed by atoms with Gasteiger partial charge in [0.1, 0.15) is 24.3 Å². The number of rotatable bonds is 4. The number of nitrogens with zero attached hydrogens (tertiary/aromatic N) is 2. The number of nitriles is 1. The van der Waals surface area contributed by atoms with E-state index in [1.165, 1.54) is 25.1 Å². The number of halogens is 4. The van der Waals surface area contributed by atoms with Gasteiger partial charge in [0.05, 0.1) is 10.6 Å². The molecule has 0 fully saturated rings. The zero-order chi connectivity index (χ0) is 18.7. The summed E-state index contributed by atoms with van der Waals surface area (Å²) in [6, 6.07) is 4.50. The van der Waals surface area contributed by atoms with E-state index in [1.54, 1.807) is 20.8 Å². The highest BCUT2D eigenvalue weighted by atomic mass is 35.5. The quantitative estimate of drug-likeness (QED) is 0.749. The molecule has 132 valence electrons. The molecule has 0 saturated carbocycles. The van der Waals surface area contributed by atoms with Gasteiger partial charge in [-0.15, -0.1) is 0 Å². The number of carbonyl (C=O) groups excluding carboxylic acids is 1. The SMILES string of the molecule is CC(C(=O)OC(C)(C)C)N(CC(F)(F)F)c1ccc(C#N)c(Cl)c1. The second kappa shape index (κ2) is 7.31. The summed E-state index contributed by atoms with van der Waals surface area (Å²) in [5.41, 5.74) is -0.607. The van der Waals surface area contributed by atoms with Crippen molar-refractivity contribution in [2.24, 2.45) is 0 Å². The second-order valence-electron chi connectivity index (χ2n) is 6.23. The average molecular weight is 363 g/mol. The molecule has 0 aliphatic rings. The zero-order valence-corrected chi connectivity index (χ0v) is 14.5. The van der Waals surface area contributed by atoms with Gasteiger partial charge in [-0.25, -0.2) is 4.79 Å². The fraction of sp³-hybridized carbons (Fsp3) is 0.500. The van der Waals surface area contributed by atoms with E-state index in [0.717, 1.165) is 4.90 Å². The van der Waals surface area contributed by atoms with Gasteiger partial charge in [0.25, 0.3) is 0 Å². The number of benzene rings is 1. The maximum Gasteiger partial charge on any atom is 0.405 e. The van der Waals surface area contributed by atoms with E-state index in [0.29, 0.717) is 0 Å². The van der Waals surface area contributed by atoms with Crippen LogP contribution in [0.4, 0.5) is 18.9 Å². The third-order valence-electron chi connectivity index (χ3n) is 2.97. The number of carbonyl (C=O) groups is 1. The third kappa shape index (κ3) is 5.93. The van der Waals surface area contributed by atoms with Crippen molar-refractivity contribution in [2.75, 3.05) is 11.4 Å². The minimum Gasteiger partial charge on any atom is -0.458 e. The summed E-state index contributed by atoms with van der Waals surface area (Å²) in [5.74, 6) is -0.785. The van der Waals surface area contributed by atoms with Crippen molar-refractivity contribution in [3.63, 3.8) is 0 Å². The summed E-state index contributed by atoms with van der Waals surface area (Å²) < 4.78 is 43.9. The Balaban J connectivity index is 3.19. The van der Waals surface area contributed by atoms with Crippen LogP contribution in [0.1, 0.15) is 33.3 Å². The van der Waals surface area contributed by atoms with E-state index in [4.69, 9.17) is 21.6 Å². The molecule has 0 spiro atoms. The molecule has 0 radical (unpaired) electrons. The lowest BCUT2D eigenvalue weighted by atomic mass is 10.1. The molecule has 8 heteroatoms. The average Bonchev–Trinajstić information content (AvgIpc) is 2.41. The first kappa shape index (κ1) is 20.1. The first-order chi connectivity index (χ1) is 10.8. The van der Waals surface area contributed by atoms with Crippen molar-refractivity contribution >= 4 is 23.3 Å². The maximum atomic E-state index is 12.9. The molecule has 1 atom stereocenters. The number of anilines is 1. The Bertz CT molecular complexity index is 648. The molecule has 0 aliphatic carbocycles. The second-order valence-corrected chi connectivity index (χ2v) is 6.64. The van der Waals surface area contributed by atoms with Gasteiger partial charge in [-0.2, -0.15) is 18.4 Å². The van der Waals surface area contributed by atoms with Crippen LogP contribution >= 0.6 is 11.6 Å². The molecule has 0 amide bonds. The van der Waals surface area contributed by atoms with Gasteiger partial charge in [0.15, 0.2) is 0 Å². The predicted octanol–water partition coefficient (Wildman–Crippen LogP) is 4.31. The van der Waals surface area contributed by atoms with Crippen molar-refractivity contribution in [1.82, 2.24) is 0 Å². The first-order valence-electron chi connectivity index (χ1n) is 7.10. The van der Waals surface area contributed by atoms with Crippen LogP contribution in [0.3, 0.4) is 0 Å². The lowest BCUT2D eigenvalue weighted by molar-refractivity contribution is -0.157. The van der Waals surface area contributed by atoms with Crippen LogP contribution < -0.4 is 4.90 Å². The molecule has 4 nitrogen and oxygen atoms in total. The Hall–Kier alpha value is -1.94. The van der Waals surface area contributed by atoms with Gasteiger partial charge in [-0.05, 0) is 45.9 Å². The van der Waals surface area contributed by atoms with Crippen LogP contribution in [0.5, 0.6) is 0 Å². The molecule has 0 aliphatic heterocycles. The van der Waals surface area contributed by atoms with Gasteiger partial charge in [0, 0.05) is 5.69 Å². The fourth-order valence-corrected chi connectivity index (χ4v) is 2.15. The van der Waals surface area contributed by atoms with E-state index in [-0.39, 0.29) is 16.3 Å². The van der Waals surface area contributed by atoms with E-state index in [9.17, 15) is 18.0 Å². The number of ether oxygens (including phenoxy) is 1. The smallest absolute Gasteiger partial charge is 0.405 e. The highest BCUT2D eigenvalue weighted by Crippen LogP contribution is 2.29. The van der Waals surface area contributed by atoms with Crippen molar-refractivity contribution < 1.29 is 22.7 Å². The lowest BCUT2D eigenvalue weighted by Crippen LogP contribution is -2.46. The van der Waals surface area contributed by atoms with E-state index >= 15 is 0 Å². The van der Waals surface area contributed by atoms with E-state index < -0.39 is 30.3 Å². The molecular weight excluding hydrogens is 345 g/mol. The molecule has 0 aromatic heterocycles. The Morgan fingerprint density at radius 2 is 1.96 bits per heavy atom. The molecular formula is C16H18ClF3N2O2. The highest BCUT2D eigenvalue weighted by Gasteiger charge is 2.36. The first-order valence-corrected chi connectivity index (χ1v) is 7.48. The Labute approximate surface area is 143 Å². The lowest BCUT2D eigenvalue weighted by Gasteiger charge is -2.32. The Kier molecular flexibility index (Phi) is 6.12. The summed E-state index contributed by atoms with van der Waals surface area (Å²) >= 11 is 5.89. The predicted molar refractivity (Wildman–Crippen MR) is 84.9 cm³/mol. The van der Waals surface area contributed by atoms with Crippen LogP contribution in [0.15, 0.2) is 18.2 Å². The molecule has 0 N–H and O–H groups in total. The van der Waals surface area contributed by atoms with Gasteiger partial charge in [0.2, 0.25) is 0 Å². The number of esters is 1. The molecule has 0 heterocycles. The normalized spacial score (nSPS) is 13.1. The summed E-state index contributed by atoms with van der Waals surface area (Å²) in [6.45, 7) is 4.86. The van der Waals surface area contributed by atoms with Crippen LogP contribution in [0.2, 0.25) is 5.02 Å². The minimum atomic E-state index is -4.53. The fourth-order valence-electron chi connectivity index (χ4n) is 1.93. The van der Waals surface area contributed by atoms with Crippen molar-refractivity contribution in [3.8, 4) is 6.07 Å². The minimum absolute atomic E-state index is 0.0126. The van der Waals surface area contributed by atoms with E-state index in [1.807, 2.05) is 6.07 Å². The topological polar surface area (TPSA) is 53.3 Å². The van der Waals surface area contributed by atoms with Crippen LogP contribution in [-0.4, -0.2) is 30.3 Å². The van der Waals surface area contributed by atoms with Crippen LogP contribution in [-0.2, 0) is 9.53 Å². The molecule has 1 rings (SSSR count). The maximum absolute atomic E-state index is 12.9. The summed E-state index contributed by atoms with van der Waals surface area (Å²) in [6.07, 6.45) is -4.53.